The predicted molar refractivity (Wildman–Crippen MR) is 86.1 cm³/mol. The van der Waals surface area contributed by atoms with E-state index in [1.54, 1.807) is 14.2 Å². The van der Waals surface area contributed by atoms with Crippen LogP contribution < -0.4 is 15.4 Å². The predicted octanol–water partition coefficient (Wildman–Crippen LogP) is 2.40. The zero-order valence-electron chi connectivity index (χ0n) is 13.5. The van der Waals surface area contributed by atoms with E-state index >= 15 is 0 Å². The molecule has 0 aromatic heterocycles. The number of rotatable bonds is 5. The summed E-state index contributed by atoms with van der Waals surface area (Å²) in [6, 6.07) is 7.86. The third-order valence-electron chi connectivity index (χ3n) is 4.04. The van der Waals surface area contributed by atoms with E-state index in [4.69, 9.17) is 15.2 Å². The highest BCUT2D eigenvalue weighted by atomic mass is 16.5. The summed E-state index contributed by atoms with van der Waals surface area (Å²) in [7, 11) is 3.40. The molecule has 116 valence electrons. The molecule has 5 heteroatoms. The molecule has 1 aromatic carbocycles. The van der Waals surface area contributed by atoms with E-state index < -0.39 is 0 Å². The number of guanidine groups is 1. The number of methoxy groups -OCH3 is 2. The fourth-order valence-corrected chi connectivity index (χ4v) is 3.02. The largest absolute Gasteiger partial charge is 0.495 e. The Hall–Kier alpha value is -1.75. The monoisotopic (exact) mass is 291 g/mol. The molecule has 0 amide bonds. The highest BCUT2D eigenvalue weighted by Crippen LogP contribution is 2.39. The molecule has 0 saturated heterocycles. The molecule has 1 unspecified atom stereocenters. The first kappa shape index (κ1) is 15.6. The van der Waals surface area contributed by atoms with Crippen molar-refractivity contribution >= 4 is 11.6 Å². The standard InChI is InChI=1S/C16H25N3O2/c1-15(2,21-5)10-16(3)11-18-14(17)19(16)12-8-6-7-9-13(12)20-4/h6-9H,10-11H2,1-5H3,(H2,17,18). The van der Waals surface area contributed by atoms with Crippen molar-refractivity contribution in [3.05, 3.63) is 24.3 Å². The quantitative estimate of drug-likeness (QED) is 0.905. The van der Waals surface area contributed by atoms with Crippen molar-refractivity contribution in [1.29, 1.82) is 0 Å². The second-order valence-electron chi connectivity index (χ2n) is 6.32. The number of ether oxygens (including phenoxy) is 2. The zero-order valence-corrected chi connectivity index (χ0v) is 13.5. The van der Waals surface area contributed by atoms with Crippen LogP contribution in [0.3, 0.4) is 0 Å². The van der Waals surface area contributed by atoms with Gasteiger partial charge in [-0.1, -0.05) is 12.1 Å². The summed E-state index contributed by atoms with van der Waals surface area (Å²) in [5.74, 6) is 1.31. The lowest BCUT2D eigenvalue weighted by atomic mass is 9.86. The maximum atomic E-state index is 6.15. The smallest absolute Gasteiger partial charge is 0.196 e. The lowest BCUT2D eigenvalue weighted by Crippen LogP contribution is -2.53. The summed E-state index contributed by atoms with van der Waals surface area (Å²) < 4.78 is 11.1. The molecule has 1 heterocycles. The maximum Gasteiger partial charge on any atom is 0.196 e. The molecule has 2 N–H and O–H groups in total. The second-order valence-corrected chi connectivity index (χ2v) is 6.32. The van der Waals surface area contributed by atoms with Crippen LogP contribution in [-0.4, -0.2) is 37.9 Å². The van der Waals surface area contributed by atoms with Crippen molar-refractivity contribution < 1.29 is 9.47 Å². The third-order valence-corrected chi connectivity index (χ3v) is 4.04. The minimum atomic E-state index is -0.255. The van der Waals surface area contributed by atoms with E-state index in [2.05, 4.69) is 30.7 Å². The molecule has 0 bridgehead atoms. The van der Waals surface area contributed by atoms with Crippen LogP contribution in [0.1, 0.15) is 27.2 Å². The van der Waals surface area contributed by atoms with Crippen LogP contribution in [0.5, 0.6) is 5.75 Å². The van der Waals surface area contributed by atoms with Gasteiger partial charge in [0.15, 0.2) is 5.96 Å². The molecule has 21 heavy (non-hydrogen) atoms. The number of nitrogens with two attached hydrogens (primary N) is 1. The van der Waals surface area contributed by atoms with Gasteiger partial charge in [-0.25, -0.2) is 0 Å². The fraction of sp³-hybridized carbons (Fsp3) is 0.562. The van der Waals surface area contributed by atoms with Gasteiger partial charge in [-0.05, 0) is 32.9 Å². The minimum Gasteiger partial charge on any atom is -0.495 e. The summed E-state index contributed by atoms with van der Waals surface area (Å²) in [5, 5.41) is 0. The van der Waals surface area contributed by atoms with E-state index in [9.17, 15) is 0 Å². The summed E-state index contributed by atoms with van der Waals surface area (Å²) in [6.45, 7) is 6.95. The molecule has 0 spiro atoms. The Bertz CT molecular complexity index is 542. The van der Waals surface area contributed by atoms with E-state index in [0.717, 1.165) is 17.9 Å². The molecule has 0 radical (unpaired) electrons. The van der Waals surface area contributed by atoms with E-state index in [1.807, 2.05) is 24.3 Å². The summed E-state index contributed by atoms with van der Waals surface area (Å²) in [4.78, 5) is 6.51. The summed E-state index contributed by atoms with van der Waals surface area (Å²) in [5.41, 5.74) is 6.60. The molecular weight excluding hydrogens is 266 g/mol. The average Bonchev–Trinajstić information content (AvgIpc) is 2.73. The molecule has 0 fully saturated rings. The van der Waals surface area contributed by atoms with Gasteiger partial charge in [0, 0.05) is 13.5 Å². The van der Waals surface area contributed by atoms with Crippen LogP contribution >= 0.6 is 0 Å². The fourth-order valence-electron chi connectivity index (χ4n) is 3.02. The van der Waals surface area contributed by atoms with E-state index in [1.165, 1.54) is 0 Å². The maximum absolute atomic E-state index is 6.15. The number of para-hydroxylation sites is 2. The Labute approximate surface area is 126 Å². The van der Waals surface area contributed by atoms with Gasteiger partial charge in [0.05, 0.1) is 30.5 Å². The number of hydrogen-bond donors (Lipinski definition) is 1. The van der Waals surface area contributed by atoms with Crippen LogP contribution in [0, 0.1) is 0 Å². The number of anilines is 1. The average molecular weight is 291 g/mol. The Balaban J connectivity index is 2.41. The number of aliphatic imine (C=N–C) groups is 1. The number of nitrogens with zero attached hydrogens (tertiary/aromatic N) is 2. The van der Waals surface area contributed by atoms with Crippen molar-refractivity contribution in [2.75, 3.05) is 25.7 Å². The minimum absolute atomic E-state index is 0.238. The normalized spacial score (nSPS) is 22.3. The van der Waals surface area contributed by atoms with Crippen LogP contribution in [0.4, 0.5) is 5.69 Å². The molecule has 1 aliphatic heterocycles. The van der Waals surface area contributed by atoms with Gasteiger partial charge >= 0.3 is 0 Å². The van der Waals surface area contributed by atoms with Gasteiger partial charge in [0.2, 0.25) is 0 Å². The zero-order chi connectivity index (χ0) is 15.7. The van der Waals surface area contributed by atoms with Crippen LogP contribution in [-0.2, 0) is 4.74 Å². The molecule has 1 aromatic rings. The SMILES string of the molecule is COc1ccccc1N1C(N)=NCC1(C)CC(C)(C)OC. The molecule has 0 aliphatic carbocycles. The van der Waals surface area contributed by atoms with Crippen LogP contribution in [0.2, 0.25) is 0 Å². The first-order chi connectivity index (χ1) is 9.83. The highest BCUT2D eigenvalue weighted by molar-refractivity contribution is 5.99. The summed E-state index contributed by atoms with van der Waals surface area (Å²) in [6.07, 6.45) is 0.804. The van der Waals surface area contributed by atoms with Crippen molar-refractivity contribution in [3.63, 3.8) is 0 Å². The molecular formula is C16H25N3O2. The number of hydrogen-bond acceptors (Lipinski definition) is 5. The molecule has 0 saturated carbocycles. The third kappa shape index (κ3) is 2.97. The first-order valence-electron chi connectivity index (χ1n) is 7.11. The lowest BCUT2D eigenvalue weighted by molar-refractivity contribution is 0.00148. The molecule has 5 nitrogen and oxygen atoms in total. The van der Waals surface area contributed by atoms with Gasteiger partial charge in [-0.3, -0.25) is 4.99 Å². The molecule has 2 rings (SSSR count). The summed E-state index contributed by atoms with van der Waals surface area (Å²) >= 11 is 0. The van der Waals surface area contributed by atoms with Gasteiger partial charge < -0.3 is 20.1 Å². The Morgan fingerprint density at radius 3 is 2.62 bits per heavy atom. The Morgan fingerprint density at radius 1 is 1.33 bits per heavy atom. The van der Waals surface area contributed by atoms with Crippen molar-refractivity contribution in [2.45, 2.75) is 38.3 Å². The van der Waals surface area contributed by atoms with Crippen LogP contribution in [0.15, 0.2) is 29.3 Å². The van der Waals surface area contributed by atoms with Gasteiger partial charge in [0.25, 0.3) is 0 Å². The van der Waals surface area contributed by atoms with Gasteiger partial charge in [-0.15, -0.1) is 0 Å². The van der Waals surface area contributed by atoms with Crippen molar-refractivity contribution in [1.82, 2.24) is 0 Å². The first-order valence-corrected chi connectivity index (χ1v) is 7.11. The van der Waals surface area contributed by atoms with Crippen LogP contribution in [0.25, 0.3) is 0 Å². The second kappa shape index (κ2) is 5.56. The Kier molecular flexibility index (Phi) is 4.14. The topological polar surface area (TPSA) is 60.1 Å². The molecule has 1 atom stereocenters. The highest BCUT2D eigenvalue weighted by Gasteiger charge is 2.43. The van der Waals surface area contributed by atoms with E-state index in [0.29, 0.717) is 12.5 Å². The van der Waals surface area contributed by atoms with E-state index in [-0.39, 0.29) is 11.1 Å². The number of benzene rings is 1. The van der Waals surface area contributed by atoms with Crippen molar-refractivity contribution in [3.8, 4) is 5.75 Å². The molecule has 1 aliphatic rings. The van der Waals surface area contributed by atoms with Gasteiger partial charge in [-0.2, -0.15) is 0 Å². The van der Waals surface area contributed by atoms with Crippen molar-refractivity contribution in [2.24, 2.45) is 10.7 Å². The van der Waals surface area contributed by atoms with Gasteiger partial charge in [0.1, 0.15) is 5.75 Å². The Morgan fingerprint density at radius 2 is 2.00 bits per heavy atom. The lowest BCUT2D eigenvalue weighted by Gasteiger charge is -2.41.